The number of hydrogen-bond acceptors (Lipinski definition) is 3. The summed E-state index contributed by atoms with van der Waals surface area (Å²) in [5.41, 5.74) is 0.750. The number of nitriles is 1. The number of hydrogen-bond donors (Lipinski definition) is 2. The minimum atomic E-state index is -0.398. The van der Waals surface area contributed by atoms with Crippen LogP contribution in [0.15, 0.2) is 18.2 Å². The zero-order valence-electron chi connectivity index (χ0n) is 10.2. The van der Waals surface area contributed by atoms with Gasteiger partial charge in [0.1, 0.15) is 5.82 Å². The largest absolute Gasteiger partial charge is 0.393 e. The maximum Gasteiger partial charge on any atom is 0.147 e. The van der Waals surface area contributed by atoms with Gasteiger partial charge in [-0.3, -0.25) is 0 Å². The van der Waals surface area contributed by atoms with Gasteiger partial charge in [0.15, 0.2) is 0 Å². The standard InChI is InChI=1S/C14H17FN2O/c15-13-7-10(8-16)4-5-14(13)17-9-11-2-1-3-12(18)6-11/h4-5,7,11-12,17-18H,1-3,6,9H2. The summed E-state index contributed by atoms with van der Waals surface area (Å²) in [5, 5.41) is 21.3. The highest BCUT2D eigenvalue weighted by molar-refractivity contribution is 5.48. The van der Waals surface area contributed by atoms with Gasteiger partial charge >= 0.3 is 0 Å². The van der Waals surface area contributed by atoms with E-state index in [1.165, 1.54) is 6.07 Å². The molecule has 18 heavy (non-hydrogen) atoms. The van der Waals surface area contributed by atoms with Crippen LogP contribution >= 0.6 is 0 Å². The SMILES string of the molecule is N#Cc1ccc(NCC2CCCC(O)C2)c(F)c1. The molecule has 1 aromatic carbocycles. The first kappa shape index (κ1) is 12.8. The molecule has 2 unspecified atom stereocenters. The molecule has 0 aliphatic heterocycles. The Labute approximate surface area is 106 Å². The predicted octanol–water partition coefficient (Wildman–Crippen LogP) is 2.66. The highest BCUT2D eigenvalue weighted by Crippen LogP contribution is 2.25. The summed E-state index contributed by atoms with van der Waals surface area (Å²) in [5.74, 6) is -0.00537. The molecule has 1 aliphatic carbocycles. The number of aliphatic hydroxyl groups excluding tert-OH is 1. The van der Waals surface area contributed by atoms with Gasteiger partial charge in [0.2, 0.25) is 0 Å². The van der Waals surface area contributed by atoms with Crippen molar-refractivity contribution in [3.05, 3.63) is 29.6 Å². The van der Waals surface area contributed by atoms with Gasteiger partial charge in [-0.05, 0) is 43.4 Å². The van der Waals surface area contributed by atoms with Crippen LogP contribution in [0.5, 0.6) is 0 Å². The van der Waals surface area contributed by atoms with Crippen molar-refractivity contribution in [2.45, 2.75) is 31.8 Å². The molecular formula is C14H17FN2O. The first-order chi connectivity index (χ1) is 8.69. The number of halogens is 1. The second kappa shape index (κ2) is 5.83. The van der Waals surface area contributed by atoms with Crippen molar-refractivity contribution >= 4 is 5.69 Å². The number of benzene rings is 1. The lowest BCUT2D eigenvalue weighted by atomic mass is 9.87. The van der Waals surface area contributed by atoms with E-state index in [1.54, 1.807) is 12.1 Å². The third kappa shape index (κ3) is 3.21. The molecule has 0 saturated heterocycles. The number of rotatable bonds is 3. The van der Waals surface area contributed by atoms with E-state index in [-0.39, 0.29) is 6.10 Å². The van der Waals surface area contributed by atoms with E-state index in [0.29, 0.717) is 23.7 Å². The summed E-state index contributed by atoms with van der Waals surface area (Å²) >= 11 is 0. The van der Waals surface area contributed by atoms with Crippen molar-refractivity contribution in [3.8, 4) is 6.07 Å². The zero-order valence-corrected chi connectivity index (χ0v) is 10.2. The highest BCUT2D eigenvalue weighted by Gasteiger charge is 2.20. The van der Waals surface area contributed by atoms with Gasteiger partial charge < -0.3 is 10.4 Å². The van der Waals surface area contributed by atoms with Crippen LogP contribution in [-0.4, -0.2) is 17.8 Å². The summed E-state index contributed by atoms with van der Waals surface area (Å²) in [6.45, 7) is 0.667. The molecule has 0 radical (unpaired) electrons. The molecule has 96 valence electrons. The van der Waals surface area contributed by atoms with Gasteiger partial charge in [-0.1, -0.05) is 6.42 Å². The van der Waals surface area contributed by atoms with Crippen LogP contribution < -0.4 is 5.32 Å². The zero-order chi connectivity index (χ0) is 13.0. The highest BCUT2D eigenvalue weighted by atomic mass is 19.1. The Morgan fingerprint density at radius 1 is 1.44 bits per heavy atom. The minimum Gasteiger partial charge on any atom is -0.393 e. The summed E-state index contributed by atoms with van der Waals surface area (Å²) in [4.78, 5) is 0. The Morgan fingerprint density at radius 3 is 2.94 bits per heavy atom. The van der Waals surface area contributed by atoms with Gasteiger partial charge in [0, 0.05) is 6.54 Å². The average molecular weight is 248 g/mol. The van der Waals surface area contributed by atoms with Gasteiger partial charge in [0.25, 0.3) is 0 Å². The van der Waals surface area contributed by atoms with E-state index < -0.39 is 5.82 Å². The molecule has 3 nitrogen and oxygen atoms in total. The monoisotopic (exact) mass is 248 g/mol. The molecule has 1 aromatic rings. The number of aliphatic hydroxyl groups is 1. The molecule has 1 saturated carbocycles. The molecule has 2 atom stereocenters. The van der Waals surface area contributed by atoms with Gasteiger partial charge in [0.05, 0.1) is 23.4 Å². The van der Waals surface area contributed by atoms with Crippen LogP contribution in [0.4, 0.5) is 10.1 Å². The van der Waals surface area contributed by atoms with Crippen LogP contribution in [0, 0.1) is 23.1 Å². The van der Waals surface area contributed by atoms with Gasteiger partial charge in [-0.2, -0.15) is 5.26 Å². The molecule has 1 fully saturated rings. The quantitative estimate of drug-likeness (QED) is 0.864. The van der Waals surface area contributed by atoms with Crippen molar-refractivity contribution in [1.82, 2.24) is 0 Å². The molecule has 1 aliphatic rings. The third-order valence-electron chi connectivity index (χ3n) is 3.43. The molecular weight excluding hydrogens is 231 g/mol. The van der Waals surface area contributed by atoms with Crippen LogP contribution in [0.3, 0.4) is 0 Å². The molecule has 0 amide bonds. The molecule has 0 heterocycles. The molecule has 0 aromatic heterocycles. The van der Waals surface area contributed by atoms with Crippen molar-refractivity contribution in [2.75, 3.05) is 11.9 Å². The molecule has 0 bridgehead atoms. The normalized spacial score (nSPS) is 23.4. The maximum absolute atomic E-state index is 13.6. The van der Waals surface area contributed by atoms with Gasteiger partial charge in [-0.15, -0.1) is 0 Å². The Bertz CT molecular complexity index is 456. The van der Waals surface area contributed by atoms with E-state index in [2.05, 4.69) is 5.32 Å². The van der Waals surface area contributed by atoms with E-state index >= 15 is 0 Å². The van der Waals surface area contributed by atoms with Gasteiger partial charge in [-0.25, -0.2) is 4.39 Å². The molecule has 2 rings (SSSR count). The Morgan fingerprint density at radius 2 is 2.28 bits per heavy atom. The van der Waals surface area contributed by atoms with Crippen molar-refractivity contribution in [3.63, 3.8) is 0 Å². The molecule has 4 heteroatoms. The average Bonchev–Trinajstić information content (AvgIpc) is 2.37. The fraction of sp³-hybridized carbons (Fsp3) is 0.500. The summed E-state index contributed by atoms with van der Waals surface area (Å²) < 4.78 is 13.6. The summed E-state index contributed by atoms with van der Waals surface area (Å²) in [6.07, 6.45) is 3.55. The van der Waals surface area contributed by atoms with Crippen molar-refractivity contribution < 1.29 is 9.50 Å². The lowest BCUT2D eigenvalue weighted by Crippen LogP contribution is -2.25. The first-order valence-corrected chi connectivity index (χ1v) is 6.30. The molecule has 2 N–H and O–H groups in total. The summed E-state index contributed by atoms with van der Waals surface area (Å²) in [6, 6.07) is 6.33. The van der Waals surface area contributed by atoms with E-state index in [4.69, 9.17) is 5.26 Å². The predicted molar refractivity (Wildman–Crippen MR) is 67.6 cm³/mol. The summed E-state index contributed by atoms with van der Waals surface area (Å²) in [7, 11) is 0. The lowest BCUT2D eigenvalue weighted by molar-refractivity contribution is 0.104. The molecule has 0 spiro atoms. The maximum atomic E-state index is 13.6. The van der Waals surface area contributed by atoms with E-state index in [9.17, 15) is 9.50 Å². The smallest absolute Gasteiger partial charge is 0.147 e. The van der Waals surface area contributed by atoms with Crippen molar-refractivity contribution in [2.24, 2.45) is 5.92 Å². The fourth-order valence-electron chi connectivity index (χ4n) is 2.43. The van der Waals surface area contributed by atoms with Crippen LogP contribution in [-0.2, 0) is 0 Å². The lowest BCUT2D eigenvalue weighted by Gasteiger charge is -2.26. The number of nitrogens with one attached hydrogen (secondary N) is 1. The van der Waals surface area contributed by atoms with E-state index in [0.717, 1.165) is 25.7 Å². The van der Waals surface area contributed by atoms with Crippen molar-refractivity contribution in [1.29, 1.82) is 5.26 Å². The van der Waals surface area contributed by atoms with Crippen LogP contribution in [0.1, 0.15) is 31.2 Å². The Hall–Kier alpha value is -1.60. The Kier molecular flexibility index (Phi) is 4.16. The Balaban J connectivity index is 1.92. The topological polar surface area (TPSA) is 56.0 Å². The fourth-order valence-corrected chi connectivity index (χ4v) is 2.43. The second-order valence-electron chi connectivity index (χ2n) is 4.87. The number of anilines is 1. The van der Waals surface area contributed by atoms with E-state index in [1.807, 2.05) is 6.07 Å². The second-order valence-corrected chi connectivity index (χ2v) is 4.87. The third-order valence-corrected chi connectivity index (χ3v) is 3.43. The van der Waals surface area contributed by atoms with Crippen LogP contribution in [0.25, 0.3) is 0 Å². The van der Waals surface area contributed by atoms with Crippen LogP contribution in [0.2, 0.25) is 0 Å². The number of nitrogens with zero attached hydrogens (tertiary/aromatic N) is 1. The minimum absolute atomic E-state index is 0.212. The first-order valence-electron chi connectivity index (χ1n) is 6.30.